The van der Waals surface area contributed by atoms with Crippen LogP contribution in [0.5, 0.6) is 0 Å². The van der Waals surface area contributed by atoms with Gasteiger partial charge in [0.05, 0.1) is 0 Å². The summed E-state index contributed by atoms with van der Waals surface area (Å²) in [6.07, 6.45) is 0.458. The minimum atomic E-state index is -1.12. The van der Waals surface area contributed by atoms with Gasteiger partial charge in [0.2, 0.25) is 11.8 Å². The molecule has 9 nitrogen and oxygen atoms in total. The third-order valence-corrected chi connectivity index (χ3v) is 3.94. The second-order valence-electron chi connectivity index (χ2n) is 6.12. The fourth-order valence-electron chi connectivity index (χ4n) is 2.04. The average molecular weight is 377 g/mol. The van der Waals surface area contributed by atoms with E-state index in [1.54, 1.807) is 13.8 Å². The lowest BCUT2D eigenvalue weighted by Gasteiger charge is -2.21. The third kappa shape index (κ3) is 9.92. The Morgan fingerprint density at radius 1 is 1.04 bits per heavy atom. The highest BCUT2D eigenvalue weighted by Gasteiger charge is 2.25. The lowest BCUT2D eigenvalue weighted by Crippen LogP contribution is -2.47. The lowest BCUT2D eigenvalue weighted by molar-refractivity contribution is -0.143. The highest BCUT2D eigenvalue weighted by Crippen LogP contribution is 2.05. The van der Waals surface area contributed by atoms with Gasteiger partial charge >= 0.3 is 11.9 Å². The van der Waals surface area contributed by atoms with Crippen LogP contribution in [0.2, 0.25) is 0 Å². The number of nitrogens with two attached hydrogens (primary N) is 1. The number of carbonyl (C=O) groups excluding carboxylic acids is 2. The second-order valence-corrected chi connectivity index (χ2v) is 6.48. The highest BCUT2D eigenvalue weighted by atomic mass is 32.1. The van der Waals surface area contributed by atoms with Gasteiger partial charge in [-0.05, 0) is 18.8 Å². The molecule has 0 radical (unpaired) electrons. The molecule has 0 unspecified atom stereocenters. The van der Waals surface area contributed by atoms with Gasteiger partial charge < -0.3 is 26.6 Å². The van der Waals surface area contributed by atoms with E-state index in [0.717, 1.165) is 0 Å². The van der Waals surface area contributed by atoms with Crippen molar-refractivity contribution in [3.05, 3.63) is 0 Å². The summed E-state index contributed by atoms with van der Waals surface area (Å²) >= 11 is 4.08. The summed E-state index contributed by atoms with van der Waals surface area (Å²) < 4.78 is 0. The molecular formula is C15H27N3O6S. The van der Waals surface area contributed by atoms with Gasteiger partial charge in [-0.15, -0.1) is 0 Å². The molecule has 3 atom stereocenters. The topological polar surface area (TPSA) is 159 Å². The van der Waals surface area contributed by atoms with Crippen molar-refractivity contribution in [2.24, 2.45) is 11.7 Å². The zero-order chi connectivity index (χ0) is 19.6. The van der Waals surface area contributed by atoms with Crippen LogP contribution < -0.4 is 16.4 Å². The van der Waals surface area contributed by atoms with Crippen LogP contribution in [0.4, 0.5) is 0 Å². The molecular weight excluding hydrogens is 350 g/mol. The van der Waals surface area contributed by atoms with Crippen LogP contribution in [0.15, 0.2) is 0 Å². The molecule has 0 aromatic rings. The quantitative estimate of drug-likeness (QED) is 0.252. The third-order valence-electron chi connectivity index (χ3n) is 3.50. The summed E-state index contributed by atoms with van der Waals surface area (Å²) in [6, 6.07) is -2.56. The van der Waals surface area contributed by atoms with Crippen molar-refractivity contribution in [1.82, 2.24) is 10.6 Å². The lowest BCUT2D eigenvalue weighted by atomic mass is 10.0. The van der Waals surface area contributed by atoms with Crippen molar-refractivity contribution in [3.63, 3.8) is 0 Å². The summed E-state index contributed by atoms with van der Waals surface area (Å²) in [6.45, 7) is 3.36. The highest BCUT2D eigenvalue weighted by molar-refractivity contribution is 7.80. The molecule has 0 aliphatic carbocycles. The molecule has 0 heterocycles. The standard InChI is InChI=1S/C15H27N3O6S/c1-8(2)13(15(23)24)18-12(20)6-9(7-25)17-11(19)5-3-4-10(16)14(21)22/h8-10,13,25H,3-7,16H2,1-2H3,(H,17,19)(H,18,20)(H,21,22)(H,23,24)/t9-,10+,13-/m1/s1. The summed E-state index contributed by atoms with van der Waals surface area (Å²) in [5, 5.41) is 22.8. The Hall–Kier alpha value is -1.81. The number of carboxylic acid groups (broad SMARTS) is 2. The van der Waals surface area contributed by atoms with Gasteiger partial charge in [-0.25, -0.2) is 4.79 Å². The van der Waals surface area contributed by atoms with Crippen molar-refractivity contribution < 1.29 is 29.4 Å². The normalized spacial score (nSPS) is 14.4. The molecule has 0 spiro atoms. The summed E-state index contributed by atoms with van der Waals surface area (Å²) in [5.41, 5.74) is 5.35. The first-order chi connectivity index (χ1) is 11.6. The van der Waals surface area contributed by atoms with Gasteiger partial charge in [0.15, 0.2) is 0 Å². The first-order valence-corrected chi connectivity index (χ1v) is 8.62. The van der Waals surface area contributed by atoms with E-state index < -0.39 is 36.0 Å². The van der Waals surface area contributed by atoms with Gasteiger partial charge in [0.25, 0.3) is 0 Å². The van der Waals surface area contributed by atoms with Crippen LogP contribution in [0.25, 0.3) is 0 Å². The number of amides is 2. The fourth-order valence-corrected chi connectivity index (χ4v) is 2.26. The molecule has 0 fully saturated rings. The van der Waals surface area contributed by atoms with Gasteiger partial charge in [-0.1, -0.05) is 13.8 Å². The molecule has 0 rings (SSSR count). The van der Waals surface area contributed by atoms with E-state index in [9.17, 15) is 19.2 Å². The van der Waals surface area contributed by atoms with Crippen molar-refractivity contribution in [3.8, 4) is 0 Å². The molecule has 0 saturated carbocycles. The summed E-state index contributed by atoms with van der Waals surface area (Å²) in [4.78, 5) is 45.4. The smallest absolute Gasteiger partial charge is 0.326 e. The predicted octanol–water partition coefficient (Wildman–Crippen LogP) is -0.401. The molecule has 0 aliphatic rings. The zero-order valence-electron chi connectivity index (χ0n) is 14.4. The Morgan fingerprint density at radius 3 is 2.08 bits per heavy atom. The van der Waals surface area contributed by atoms with Crippen molar-refractivity contribution in [2.75, 3.05) is 5.75 Å². The van der Waals surface area contributed by atoms with E-state index in [1.165, 1.54) is 0 Å². The fraction of sp³-hybridized carbons (Fsp3) is 0.733. The minimum absolute atomic E-state index is 0.0800. The molecule has 0 aliphatic heterocycles. The van der Waals surface area contributed by atoms with Gasteiger partial charge in [-0.3, -0.25) is 14.4 Å². The average Bonchev–Trinajstić information content (AvgIpc) is 2.50. The maximum absolute atomic E-state index is 11.9. The van der Waals surface area contributed by atoms with E-state index in [0.29, 0.717) is 6.42 Å². The number of hydrogen-bond donors (Lipinski definition) is 6. The van der Waals surface area contributed by atoms with Crippen LogP contribution in [0, 0.1) is 5.92 Å². The number of thiol groups is 1. The molecule has 0 aromatic carbocycles. The number of carbonyl (C=O) groups is 4. The number of carboxylic acids is 2. The molecule has 10 heteroatoms. The van der Waals surface area contributed by atoms with E-state index >= 15 is 0 Å². The Bertz CT molecular complexity index is 486. The molecule has 0 saturated heterocycles. The number of aliphatic carboxylic acids is 2. The SMILES string of the molecule is CC(C)[C@@H](NC(=O)C[C@H](CS)NC(=O)CCC[C@H](N)C(=O)O)C(=O)O. The summed E-state index contributed by atoms with van der Waals surface area (Å²) in [5.74, 6) is -3.15. The van der Waals surface area contributed by atoms with Crippen LogP contribution in [-0.2, 0) is 19.2 Å². The van der Waals surface area contributed by atoms with E-state index in [-0.39, 0.29) is 36.8 Å². The van der Waals surface area contributed by atoms with Gasteiger partial charge in [0, 0.05) is 24.6 Å². The van der Waals surface area contributed by atoms with Gasteiger partial charge in [0.1, 0.15) is 12.1 Å². The Labute approximate surface area is 152 Å². The Balaban J connectivity index is 4.35. The molecule has 6 N–H and O–H groups in total. The predicted molar refractivity (Wildman–Crippen MR) is 94.3 cm³/mol. The maximum Gasteiger partial charge on any atom is 0.326 e. The number of rotatable bonds is 12. The van der Waals surface area contributed by atoms with Crippen LogP contribution in [0.1, 0.15) is 39.5 Å². The monoisotopic (exact) mass is 377 g/mol. The molecule has 25 heavy (non-hydrogen) atoms. The van der Waals surface area contributed by atoms with Crippen LogP contribution in [-0.4, -0.2) is 57.8 Å². The molecule has 2 amide bonds. The number of nitrogens with one attached hydrogen (secondary N) is 2. The largest absolute Gasteiger partial charge is 0.480 e. The minimum Gasteiger partial charge on any atom is -0.480 e. The summed E-state index contributed by atoms with van der Waals surface area (Å²) in [7, 11) is 0. The van der Waals surface area contributed by atoms with Crippen LogP contribution >= 0.6 is 12.6 Å². The van der Waals surface area contributed by atoms with Gasteiger partial charge in [-0.2, -0.15) is 12.6 Å². The van der Waals surface area contributed by atoms with Crippen molar-refractivity contribution in [2.45, 2.75) is 57.7 Å². The van der Waals surface area contributed by atoms with Crippen LogP contribution in [0.3, 0.4) is 0 Å². The van der Waals surface area contributed by atoms with Crippen molar-refractivity contribution in [1.29, 1.82) is 0 Å². The number of hydrogen-bond acceptors (Lipinski definition) is 6. The Morgan fingerprint density at radius 2 is 1.64 bits per heavy atom. The maximum atomic E-state index is 11.9. The van der Waals surface area contributed by atoms with E-state index in [2.05, 4.69) is 23.3 Å². The molecule has 0 bridgehead atoms. The first-order valence-electron chi connectivity index (χ1n) is 7.99. The zero-order valence-corrected chi connectivity index (χ0v) is 15.3. The van der Waals surface area contributed by atoms with E-state index in [1.807, 2.05) is 0 Å². The van der Waals surface area contributed by atoms with E-state index in [4.69, 9.17) is 15.9 Å². The second kappa shape index (κ2) is 11.7. The first kappa shape index (κ1) is 23.2. The molecule has 0 aromatic heterocycles. The molecule has 144 valence electrons. The Kier molecular flexibility index (Phi) is 10.8. The van der Waals surface area contributed by atoms with Crippen molar-refractivity contribution >= 4 is 36.4 Å².